The van der Waals surface area contributed by atoms with Gasteiger partial charge in [-0.3, -0.25) is 9.88 Å². The molecular weight excluding hydrogens is 498 g/mol. The summed E-state index contributed by atoms with van der Waals surface area (Å²) in [7, 11) is 0. The first-order valence-corrected chi connectivity index (χ1v) is 14.9. The Balaban J connectivity index is 1.76. The SMILES string of the molecule is Cc1ncc(C2=CCN(Cc3ccccc3)CC2)c(N2CCC(C)(C)CC2)c1C(OC(C)(C)C)C(=O)OC(C)C. The van der Waals surface area contributed by atoms with Gasteiger partial charge in [0.25, 0.3) is 0 Å². The maximum absolute atomic E-state index is 13.6. The van der Waals surface area contributed by atoms with Gasteiger partial charge in [-0.25, -0.2) is 4.79 Å². The van der Waals surface area contributed by atoms with Crippen molar-refractivity contribution in [2.24, 2.45) is 5.41 Å². The third kappa shape index (κ3) is 7.73. The normalized spacial score (nSPS) is 18.9. The van der Waals surface area contributed by atoms with E-state index in [-0.39, 0.29) is 12.1 Å². The van der Waals surface area contributed by atoms with E-state index < -0.39 is 11.7 Å². The van der Waals surface area contributed by atoms with Gasteiger partial charge in [0, 0.05) is 55.7 Å². The summed E-state index contributed by atoms with van der Waals surface area (Å²) >= 11 is 0. The molecule has 2 aromatic rings. The van der Waals surface area contributed by atoms with E-state index in [0.717, 1.165) is 74.5 Å². The number of anilines is 1. The fourth-order valence-electron chi connectivity index (χ4n) is 5.65. The molecule has 3 heterocycles. The van der Waals surface area contributed by atoms with Crippen molar-refractivity contribution in [2.75, 3.05) is 31.1 Å². The lowest BCUT2D eigenvalue weighted by Crippen LogP contribution is -2.40. The van der Waals surface area contributed by atoms with Crippen molar-refractivity contribution in [1.82, 2.24) is 9.88 Å². The molecule has 0 radical (unpaired) electrons. The van der Waals surface area contributed by atoms with Gasteiger partial charge in [0.2, 0.25) is 0 Å². The van der Waals surface area contributed by atoms with Crippen molar-refractivity contribution in [3.63, 3.8) is 0 Å². The largest absolute Gasteiger partial charge is 0.461 e. The van der Waals surface area contributed by atoms with E-state index in [1.807, 2.05) is 47.7 Å². The molecule has 0 amide bonds. The first-order valence-electron chi connectivity index (χ1n) is 14.9. The fraction of sp³-hybridized carbons (Fsp3) is 0.588. The van der Waals surface area contributed by atoms with Crippen LogP contribution in [0.3, 0.4) is 0 Å². The zero-order valence-electron chi connectivity index (χ0n) is 25.9. The highest BCUT2D eigenvalue weighted by Gasteiger charge is 2.37. The summed E-state index contributed by atoms with van der Waals surface area (Å²) in [5, 5.41) is 0. The number of aryl methyl sites for hydroxylation is 1. The smallest absolute Gasteiger partial charge is 0.340 e. The topological polar surface area (TPSA) is 54.9 Å². The lowest BCUT2D eigenvalue weighted by Gasteiger charge is -2.41. The van der Waals surface area contributed by atoms with E-state index in [1.165, 1.54) is 11.1 Å². The van der Waals surface area contributed by atoms with Crippen LogP contribution in [-0.2, 0) is 20.8 Å². The van der Waals surface area contributed by atoms with E-state index in [1.54, 1.807) is 0 Å². The highest BCUT2D eigenvalue weighted by molar-refractivity contribution is 5.85. The Labute approximate surface area is 241 Å². The van der Waals surface area contributed by atoms with Crippen LogP contribution in [0.5, 0.6) is 0 Å². The summed E-state index contributed by atoms with van der Waals surface area (Å²) < 4.78 is 12.3. The number of piperidine rings is 1. The zero-order chi connectivity index (χ0) is 29.1. The molecule has 0 N–H and O–H groups in total. The van der Waals surface area contributed by atoms with E-state index in [4.69, 9.17) is 14.5 Å². The number of carbonyl (C=O) groups is 1. The number of ether oxygens (including phenoxy) is 2. The lowest BCUT2D eigenvalue weighted by molar-refractivity contribution is -0.171. The van der Waals surface area contributed by atoms with E-state index in [2.05, 4.69) is 60.1 Å². The molecule has 0 spiro atoms. The summed E-state index contributed by atoms with van der Waals surface area (Å²) in [5.74, 6) is -0.350. The molecule has 0 aliphatic carbocycles. The number of aromatic nitrogens is 1. The molecule has 1 aromatic carbocycles. The predicted octanol–water partition coefficient (Wildman–Crippen LogP) is 7.11. The van der Waals surface area contributed by atoms with Crippen LogP contribution < -0.4 is 4.90 Å². The second-order valence-electron chi connectivity index (χ2n) is 13.5. The molecule has 1 unspecified atom stereocenters. The van der Waals surface area contributed by atoms with Crippen molar-refractivity contribution in [3.05, 3.63) is 65.0 Å². The number of pyridine rings is 1. The van der Waals surface area contributed by atoms with Crippen molar-refractivity contribution in [2.45, 2.75) is 99.0 Å². The number of nitrogens with zero attached hydrogens (tertiary/aromatic N) is 3. The highest BCUT2D eigenvalue weighted by atomic mass is 16.6. The fourth-order valence-corrected chi connectivity index (χ4v) is 5.65. The van der Waals surface area contributed by atoms with Gasteiger partial charge < -0.3 is 14.4 Å². The zero-order valence-corrected chi connectivity index (χ0v) is 25.9. The van der Waals surface area contributed by atoms with Crippen LogP contribution in [0.2, 0.25) is 0 Å². The number of hydrogen-bond acceptors (Lipinski definition) is 6. The second-order valence-corrected chi connectivity index (χ2v) is 13.5. The minimum Gasteiger partial charge on any atom is -0.461 e. The third-order valence-corrected chi connectivity index (χ3v) is 7.91. The van der Waals surface area contributed by atoms with Gasteiger partial charge in [0.1, 0.15) is 0 Å². The monoisotopic (exact) mass is 547 g/mol. The molecule has 218 valence electrons. The summed E-state index contributed by atoms with van der Waals surface area (Å²) in [5.41, 5.74) is 6.29. The third-order valence-electron chi connectivity index (χ3n) is 7.91. The van der Waals surface area contributed by atoms with Crippen LogP contribution in [-0.4, -0.2) is 53.7 Å². The Kier molecular flexibility index (Phi) is 9.41. The van der Waals surface area contributed by atoms with Crippen LogP contribution in [0.15, 0.2) is 42.6 Å². The lowest BCUT2D eigenvalue weighted by atomic mass is 9.82. The molecule has 4 rings (SSSR count). The molecule has 1 aromatic heterocycles. The number of esters is 1. The summed E-state index contributed by atoms with van der Waals surface area (Å²) in [6.45, 7) is 21.1. The number of rotatable bonds is 8. The van der Waals surface area contributed by atoms with Crippen molar-refractivity contribution in [1.29, 1.82) is 0 Å². The molecule has 40 heavy (non-hydrogen) atoms. The average molecular weight is 548 g/mol. The Morgan fingerprint density at radius 1 is 1.07 bits per heavy atom. The first kappa shape index (κ1) is 30.3. The maximum Gasteiger partial charge on any atom is 0.340 e. The molecule has 0 saturated carbocycles. The first-order chi connectivity index (χ1) is 18.8. The van der Waals surface area contributed by atoms with Crippen LogP contribution in [0.1, 0.15) is 96.2 Å². The van der Waals surface area contributed by atoms with Crippen molar-refractivity contribution < 1.29 is 14.3 Å². The Morgan fingerprint density at radius 2 is 1.75 bits per heavy atom. The Morgan fingerprint density at radius 3 is 2.33 bits per heavy atom. The van der Waals surface area contributed by atoms with Gasteiger partial charge in [-0.2, -0.15) is 0 Å². The minimum atomic E-state index is -0.849. The van der Waals surface area contributed by atoms with Crippen molar-refractivity contribution >= 4 is 17.2 Å². The molecule has 1 fully saturated rings. The Bertz CT molecular complexity index is 1190. The van der Waals surface area contributed by atoms with E-state index in [0.29, 0.717) is 5.41 Å². The van der Waals surface area contributed by atoms with E-state index >= 15 is 0 Å². The predicted molar refractivity (Wildman–Crippen MR) is 163 cm³/mol. The van der Waals surface area contributed by atoms with Crippen LogP contribution in [0, 0.1) is 12.3 Å². The van der Waals surface area contributed by atoms with Gasteiger partial charge in [-0.05, 0) is 77.4 Å². The van der Waals surface area contributed by atoms with Crippen LogP contribution in [0.25, 0.3) is 5.57 Å². The van der Waals surface area contributed by atoms with Gasteiger partial charge in [-0.1, -0.05) is 50.3 Å². The second kappa shape index (κ2) is 12.4. The van der Waals surface area contributed by atoms with Crippen LogP contribution >= 0.6 is 0 Å². The highest BCUT2D eigenvalue weighted by Crippen LogP contribution is 2.43. The number of carbonyl (C=O) groups excluding carboxylic acids is 1. The molecule has 1 saturated heterocycles. The summed E-state index contributed by atoms with van der Waals surface area (Å²) in [6.07, 6.45) is 6.42. The molecule has 0 bridgehead atoms. The number of benzene rings is 1. The summed E-state index contributed by atoms with van der Waals surface area (Å²) in [4.78, 5) is 23.4. The minimum absolute atomic E-state index is 0.231. The van der Waals surface area contributed by atoms with Gasteiger partial charge >= 0.3 is 5.97 Å². The van der Waals surface area contributed by atoms with Crippen LogP contribution in [0.4, 0.5) is 5.69 Å². The molecular formula is C34H49N3O3. The van der Waals surface area contributed by atoms with E-state index in [9.17, 15) is 4.79 Å². The quantitative estimate of drug-likeness (QED) is 0.328. The van der Waals surface area contributed by atoms with Gasteiger partial charge in [-0.15, -0.1) is 0 Å². The Hall–Kier alpha value is -2.70. The maximum atomic E-state index is 13.6. The molecule has 6 nitrogen and oxygen atoms in total. The number of hydrogen-bond donors (Lipinski definition) is 0. The van der Waals surface area contributed by atoms with Gasteiger partial charge in [0.05, 0.1) is 17.4 Å². The van der Waals surface area contributed by atoms with Crippen molar-refractivity contribution in [3.8, 4) is 0 Å². The molecule has 1 atom stereocenters. The average Bonchev–Trinajstić information content (AvgIpc) is 2.88. The summed E-state index contributed by atoms with van der Waals surface area (Å²) in [6, 6.07) is 10.7. The molecule has 2 aliphatic heterocycles. The molecule has 6 heteroatoms. The van der Waals surface area contributed by atoms with Gasteiger partial charge in [0.15, 0.2) is 6.10 Å². The molecule has 2 aliphatic rings. The standard InChI is InChI=1S/C34H49N3O3/c1-24(2)39-32(38)31(40-33(4,5)6)29-25(3)35-22-28(30(29)37-20-16-34(7,8)17-21-37)27-14-18-36(19-15-27)23-26-12-10-9-11-13-26/h9-14,22,24,31H,15-21,23H2,1-8H3.